The van der Waals surface area contributed by atoms with Crippen LogP contribution in [0, 0.1) is 4.77 Å². The molecule has 5 heteroatoms. The molecule has 1 aromatic heterocycles. The number of nitrogens with one attached hydrogen (secondary N) is 1. The molecule has 0 fully saturated rings. The highest BCUT2D eigenvalue weighted by atomic mass is 32.1. The molecule has 1 heterocycles. The molecule has 4 rings (SSSR count). The van der Waals surface area contributed by atoms with Gasteiger partial charge in [0.1, 0.15) is 0 Å². The number of aromatic amines is 1. The zero-order valence-corrected chi connectivity index (χ0v) is 18.6. The maximum Gasteiger partial charge on any atom is 0.223 e. The number of carbonyl (C=O) groups is 1. The van der Waals surface area contributed by atoms with Crippen LogP contribution in [0.2, 0.25) is 0 Å². The first-order valence-electron chi connectivity index (χ1n) is 10.7. The average Bonchev–Trinajstić information content (AvgIpc) is 2.84. The largest absolute Gasteiger partial charge is 0.334 e. The minimum atomic E-state index is 0.107. The summed E-state index contributed by atoms with van der Waals surface area (Å²) in [6, 6.07) is 32.1. The number of carbonyl (C=O) groups excluding carboxylic acids is 1. The highest BCUT2D eigenvalue weighted by Gasteiger charge is 2.15. The molecule has 1 N–H and O–H groups in total. The van der Waals surface area contributed by atoms with Crippen LogP contribution in [-0.2, 0) is 24.3 Å². The highest BCUT2D eigenvalue weighted by molar-refractivity contribution is 7.71. The van der Waals surface area contributed by atoms with Crippen molar-refractivity contribution in [2.24, 2.45) is 0 Å². The number of hydrogen-bond acceptors (Lipinski definition) is 3. The first-order chi connectivity index (χ1) is 15.7. The molecule has 160 valence electrons. The van der Waals surface area contributed by atoms with Crippen LogP contribution in [0.4, 0.5) is 0 Å². The lowest BCUT2D eigenvalue weighted by Crippen LogP contribution is -2.30. The minimum Gasteiger partial charge on any atom is -0.334 e. The van der Waals surface area contributed by atoms with Gasteiger partial charge in [0.2, 0.25) is 5.91 Å². The van der Waals surface area contributed by atoms with Crippen LogP contribution in [0.15, 0.2) is 97.1 Å². The fourth-order valence-corrected chi connectivity index (χ4v) is 3.87. The minimum absolute atomic E-state index is 0.107. The van der Waals surface area contributed by atoms with E-state index in [1.807, 2.05) is 77.7 Å². The van der Waals surface area contributed by atoms with Crippen molar-refractivity contribution in [3.8, 4) is 11.3 Å². The Hall–Kier alpha value is -3.57. The van der Waals surface area contributed by atoms with Crippen LogP contribution in [-0.4, -0.2) is 20.8 Å². The molecule has 0 aliphatic carbocycles. The molecule has 0 unspecified atom stereocenters. The number of rotatable bonds is 8. The fraction of sp³-hybridized carbons (Fsp3) is 0.148. The van der Waals surface area contributed by atoms with Crippen LogP contribution in [0.5, 0.6) is 0 Å². The second-order valence-electron chi connectivity index (χ2n) is 7.68. The maximum atomic E-state index is 13.2. The fourth-order valence-electron chi connectivity index (χ4n) is 3.64. The third-order valence-corrected chi connectivity index (χ3v) is 5.46. The molecule has 0 aliphatic heterocycles. The Kier molecular flexibility index (Phi) is 7.20. The number of benzene rings is 3. The van der Waals surface area contributed by atoms with Crippen molar-refractivity contribution >= 4 is 18.1 Å². The molecule has 0 atom stereocenters. The van der Waals surface area contributed by atoms with Crippen molar-refractivity contribution < 1.29 is 4.79 Å². The zero-order valence-electron chi connectivity index (χ0n) is 17.8. The topological polar surface area (TPSA) is 49.0 Å². The first kappa shape index (κ1) is 21.7. The van der Waals surface area contributed by atoms with E-state index in [2.05, 4.69) is 34.2 Å². The first-order valence-corrected chi connectivity index (χ1v) is 11.1. The number of H-pyrrole nitrogens is 1. The summed E-state index contributed by atoms with van der Waals surface area (Å²) >= 11 is 5.33. The molecule has 0 bridgehead atoms. The molecule has 4 nitrogen and oxygen atoms in total. The van der Waals surface area contributed by atoms with E-state index in [1.165, 1.54) is 0 Å². The number of amides is 1. The normalized spacial score (nSPS) is 10.6. The van der Waals surface area contributed by atoms with E-state index < -0.39 is 0 Å². The van der Waals surface area contributed by atoms with E-state index in [4.69, 9.17) is 12.2 Å². The van der Waals surface area contributed by atoms with Gasteiger partial charge < -0.3 is 9.88 Å². The van der Waals surface area contributed by atoms with E-state index >= 15 is 0 Å². The Morgan fingerprint density at radius 2 is 1.34 bits per heavy atom. The number of hydrogen-bond donors (Lipinski definition) is 1. The molecule has 0 saturated heterocycles. The van der Waals surface area contributed by atoms with E-state index in [0.717, 1.165) is 28.1 Å². The van der Waals surface area contributed by atoms with Crippen LogP contribution < -0.4 is 0 Å². The van der Waals surface area contributed by atoms with Gasteiger partial charge >= 0.3 is 0 Å². The summed E-state index contributed by atoms with van der Waals surface area (Å²) in [6.45, 7) is 1.16. The Labute approximate surface area is 193 Å². The molecule has 1 amide bonds. The van der Waals surface area contributed by atoms with Gasteiger partial charge in [0.15, 0.2) is 4.77 Å². The quantitative estimate of drug-likeness (QED) is 0.344. The predicted molar refractivity (Wildman–Crippen MR) is 130 cm³/mol. The van der Waals surface area contributed by atoms with Crippen molar-refractivity contribution in [3.63, 3.8) is 0 Å². The number of aryl methyl sites for hydroxylation is 1. The lowest BCUT2D eigenvalue weighted by atomic mass is 10.1. The van der Waals surface area contributed by atoms with Crippen LogP contribution >= 0.6 is 12.2 Å². The molecule has 0 aliphatic rings. The molecule has 32 heavy (non-hydrogen) atoms. The Bertz CT molecular complexity index is 1170. The third kappa shape index (κ3) is 5.99. The Balaban J connectivity index is 1.49. The zero-order chi connectivity index (χ0) is 22.2. The van der Waals surface area contributed by atoms with Crippen LogP contribution in [0.3, 0.4) is 0 Å². The van der Waals surface area contributed by atoms with Gasteiger partial charge in [-0.15, -0.1) is 0 Å². The van der Waals surface area contributed by atoms with Gasteiger partial charge in [-0.3, -0.25) is 4.79 Å². The Morgan fingerprint density at radius 3 is 1.91 bits per heavy atom. The standard InChI is InChI=1S/C27H25N3OS/c31-26(17-16-24-18-25(29-27(32)28-24)23-14-8-3-9-15-23)30(19-21-10-4-1-5-11-21)20-22-12-6-2-7-13-22/h1-15,18H,16-17,19-20H2,(H,28,29,32). The maximum absolute atomic E-state index is 13.2. The SMILES string of the molecule is O=C(CCc1cc(-c2ccccc2)nc(=S)[nH]1)N(Cc1ccccc1)Cc1ccccc1. The molecule has 0 spiro atoms. The average molecular weight is 440 g/mol. The summed E-state index contributed by atoms with van der Waals surface area (Å²) in [5, 5.41) is 0. The van der Waals surface area contributed by atoms with Gasteiger partial charge in [0, 0.05) is 30.8 Å². The summed E-state index contributed by atoms with van der Waals surface area (Å²) < 4.78 is 0.430. The summed E-state index contributed by atoms with van der Waals surface area (Å²) in [6.07, 6.45) is 0.966. The van der Waals surface area contributed by atoms with Crippen molar-refractivity contribution in [2.75, 3.05) is 0 Å². The van der Waals surface area contributed by atoms with E-state index in [1.54, 1.807) is 0 Å². The van der Waals surface area contributed by atoms with E-state index in [-0.39, 0.29) is 5.91 Å². The van der Waals surface area contributed by atoms with E-state index in [9.17, 15) is 4.79 Å². The molecule has 3 aromatic carbocycles. The summed E-state index contributed by atoms with van der Waals surface area (Å²) in [5.74, 6) is 0.107. The highest BCUT2D eigenvalue weighted by Crippen LogP contribution is 2.18. The molecular formula is C27H25N3OS. The second-order valence-corrected chi connectivity index (χ2v) is 8.07. The monoisotopic (exact) mass is 439 g/mol. The van der Waals surface area contributed by atoms with Crippen LogP contribution in [0.25, 0.3) is 11.3 Å². The third-order valence-electron chi connectivity index (χ3n) is 5.26. The van der Waals surface area contributed by atoms with Crippen molar-refractivity contribution in [1.82, 2.24) is 14.9 Å². The summed E-state index contributed by atoms with van der Waals surface area (Å²) in [5.41, 5.74) is 4.98. The predicted octanol–water partition coefficient (Wildman–Crippen LogP) is 5.97. The summed E-state index contributed by atoms with van der Waals surface area (Å²) in [4.78, 5) is 22.7. The smallest absolute Gasteiger partial charge is 0.223 e. The molecular weight excluding hydrogens is 414 g/mol. The van der Waals surface area contributed by atoms with Gasteiger partial charge in [-0.2, -0.15) is 0 Å². The van der Waals surface area contributed by atoms with Crippen molar-refractivity contribution in [3.05, 3.63) is 119 Å². The Morgan fingerprint density at radius 1 is 0.812 bits per heavy atom. The van der Waals surface area contributed by atoms with Crippen LogP contribution in [0.1, 0.15) is 23.2 Å². The van der Waals surface area contributed by atoms with Gasteiger partial charge in [0.05, 0.1) is 5.69 Å². The molecule has 0 radical (unpaired) electrons. The van der Waals surface area contributed by atoms with Crippen molar-refractivity contribution in [2.45, 2.75) is 25.9 Å². The number of aromatic nitrogens is 2. The van der Waals surface area contributed by atoms with Gasteiger partial charge in [-0.25, -0.2) is 4.98 Å². The summed E-state index contributed by atoms with van der Waals surface area (Å²) in [7, 11) is 0. The second kappa shape index (κ2) is 10.6. The molecule has 4 aromatic rings. The molecule has 0 saturated carbocycles. The lowest BCUT2D eigenvalue weighted by Gasteiger charge is -2.23. The van der Waals surface area contributed by atoms with E-state index in [0.29, 0.717) is 30.7 Å². The van der Waals surface area contributed by atoms with Gasteiger partial charge in [0.25, 0.3) is 0 Å². The number of nitrogens with zero attached hydrogens (tertiary/aromatic N) is 2. The van der Waals surface area contributed by atoms with Gasteiger partial charge in [-0.05, 0) is 35.8 Å². The van der Waals surface area contributed by atoms with Gasteiger partial charge in [-0.1, -0.05) is 91.0 Å². The van der Waals surface area contributed by atoms with Crippen molar-refractivity contribution in [1.29, 1.82) is 0 Å². The lowest BCUT2D eigenvalue weighted by molar-refractivity contribution is -0.132.